The molecule has 0 aromatic heterocycles. The maximum Gasteiger partial charge on any atom is 0.416 e. The minimum atomic E-state index is -4.62. The Morgan fingerprint density at radius 2 is 1.86 bits per heavy atom. The molecular formula is C25H30ClF3N2O5. The van der Waals surface area contributed by atoms with Crippen LogP contribution in [0, 0.1) is 12.3 Å². The molecule has 0 aliphatic carbocycles. The van der Waals surface area contributed by atoms with E-state index in [1.807, 2.05) is 12.8 Å². The number of hydrogen-bond donors (Lipinski definition) is 0. The van der Waals surface area contributed by atoms with E-state index >= 15 is 0 Å². The lowest BCUT2D eigenvalue weighted by molar-refractivity contribution is -0.137. The molecule has 0 N–H and O–H groups in total. The van der Waals surface area contributed by atoms with E-state index in [-0.39, 0.29) is 30.0 Å². The largest absolute Gasteiger partial charge is 0.453 e. The van der Waals surface area contributed by atoms with Crippen molar-refractivity contribution in [3.05, 3.63) is 34.3 Å². The summed E-state index contributed by atoms with van der Waals surface area (Å²) < 4.78 is 50.3. The van der Waals surface area contributed by atoms with Gasteiger partial charge in [0.1, 0.15) is 0 Å². The van der Waals surface area contributed by atoms with Crippen LogP contribution in [0.4, 0.5) is 22.8 Å². The zero-order valence-electron chi connectivity index (χ0n) is 20.6. The van der Waals surface area contributed by atoms with Crippen LogP contribution in [-0.2, 0) is 27.0 Å². The molecule has 0 radical (unpaired) electrons. The molecule has 1 saturated heterocycles. The van der Waals surface area contributed by atoms with Gasteiger partial charge in [0, 0.05) is 36.1 Å². The van der Waals surface area contributed by atoms with E-state index in [0.717, 1.165) is 12.1 Å². The van der Waals surface area contributed by atoms with Crippen molar-refractivity contribution >= 4 is 29.6 Å². The van der Waals surface area contributed by atoms with Gasteiger partial charge in [-0.3, -0.25) is 4.79 Å². The Balaban J connectivity index is 2.44. The maximum absolute atomic E-state index is 13.3. The van der Waals surface area contributed by atoms with Gasteiger partial charge in [0.2, 0.25) is 5.78 Å². The van der Waals surface area contributed by atoms with Gasteiger partial charge in [-0.05, 0) is 62.8 Å². The van der Waals surface area contributed by atoms with Gasteiger partial charge in [0.15, 0.2) is 0 Å². The number of nitrogens with zero attached hydrogens (tertiary/aromatic N) is 2. The van der Waals surface area contributed by atoms with Crippen LogP contribution >= 0.6 is 11.6 Å². The summed E-state index contributed by atoms with van der Waals surface area (Å²) in [6, 6.07) is 1.42. The smallest absolute Gasteiger partial charge is 0.416 e. The molecule has 1 aromatic carbocycles. The predicted molar refractivity (Wildman–Crippen MR) is 127 cm³/mol. The average Bonchev–Trinajstić information content (AvgIpc) is 2.79. The second-order valence-corrected chi connectivity index (χ2v) is 9.33. The van der Waals surface area contributed by atoms with Crippen LogP contribution in [0.25, 0.3) is 0 Å². The van der Waals surface area contributed by atoms with E-state index in [1.54, 1.807) is 13.8 Å². The summed E-state index contributed by atoms with van der Waals surface area (Å²) >= 11 is 5.93. The number of methoxy groups -OCH3 is 1. The highest BCUT2D eigenvalue weighted by molar-refractivity contribution is 6.30. The second kappa shape index (κ2) is 12.3. The lowest BCUT2D eigenvalue weighted by Crippen LogP contribution is -2.58. The molecule has 3 atom stereocenters. The van der Waals surface area contributed by atoms with Gasteiger partial charge in [-0.1, -0.05) is 18.5 Å². The van der Waals surface area contributed by atoms with Crippen LogP contribution < -0.4 is 0 Å². The van der Waals surface area contributed by atoms with Gasteiger partial charge < -0.3 is 19.3 Å². The van der Waals surface area contributed by atoms with Crippen LogP contribution in [0.15, 0.2) is 18.2 Å². The summed E-state index contributed by atoms with van der Waals surface area (Å²) in [5, 5.41) is -0.125. The maximum atomic E-state index is 13.3. The fourth-order valence-electron chi connectivity index (χ4n) is 4.44. The lowest BCUT2D eigenvalue weighted by atomic mass is 9.86. The fraction of sp³-hybridized carbons (Fsp3) is 0.560. The summed E-state index contributed by atoms with van der Waals surface area (Å²) in [6.45, 7) is 5.03. The standard InChI is InChI=1S/C25H30ClF3N2O5/c1-6-19-11-20(12-21(13-22(32)7-2)31(19)24(34)36-15(3)4)30(23(33)35-5)14-16-8-17(25(27,28)29)10-18(26)9-16/h2,8-10,15,19-21H,6,11-14H2,1,3-5H3/t19-,20+,21-/m1/s1. The molecule has 7 nitrogen and oxygen atoms in total. The Labute approximate surface area is 213 Å². The number of terminal acetylenes is 1. The van der Waals surface area contributed by atoms with E-state index < -0.39 is 53.9 Å². The van der Waals surface area contributed by atoms with Crippen LogP contribution in [0.5, 0.6) is 0 Å². The number of halogens is 4. The summed E-state index contributed by atoms with van der Waals surface area (Å²) in [5.74, 6) is 1.52. The van der Waals surface area contributed by atoms with Crippen molar-refractivity contribution in [2.24, 2.45) is 0 Å². The zero-order chi connectivity index (χ0) is 27.2. The number of alkyl halides is 3. The topological polar surface area (TPSA) is 76.2 Å². The molecule has 1 heterocycles. The van der Waals surface area contributed by atoms with Crippen LogP contribution in [0.1, 0.15) is 57.6 Å². The minimum absolute atomic E-state index is 0.125. The number of piperidine rings is 1. The number of amides is 2. The third kappa shape index (κ3) is 7.53. The highest BCUT2D eigenvalue weighted by Gasteiger charge is 2.43. The van der Waals surface area contributed by atoms with Gasteiger partial charge >= 0.3 is 18.4 Å². The van der Waals surface area contributed by atoms with Crippen LogP contribution in [0.2, 0.25) is 5.02 Å². The van der Waals surface area contributed by atoms with Gasteiger partial charge in [-0.2, -0.15) is 13.2 Å². The minimum Gasteiger partial charge on any atom is -0.453 e. The molecule has 1 aliphatic heterocycles. The number of carbonyl (C=O) groups excluding carboxylic acids is 3. The first kappa shape index (κ1) is 29.3. The molecule has 198 valence electrons. The number of ketones is 1. The summed E-state index contributed by atoms with van der Waals surface area (Å²) in [4.78, 5) is 40.6. The SMILES string of the molecule is C#CC(=O)C[C@H]1C[C@@H](N(Cc2cc(Cl)cc(C(F)(F)F)c2)C(=O)OC)C[C@@H](CC)N1C(=O)OC(C)C. The van der Waals surface area contributed by atoms with Gasteiger partial charge in [0.05, 0.1) is 18.8 Å². The molecule has 1 aliphatic rings. The number of rotatable bonds is 7. The zero-order valence-corrected chi connectivity index (χ0v) is 21.4. The van der Waals surface area contributed by atoms with Gasteiger partial charge in [-0.15, -0.1) is 6.42 Å². The molecule has 0 spiro atoms. The summed E-state index contributed by atoms with van der Waals surface area (Å²) in [7, 11) is 1.17. The Hall–Kier alpha value is -2.93. The highest BCUT2D eigenvalue weighted by atomic mass is 35.5. The van der Waals surface area contributed by atoms with Crippen molar-refractivity contribution in [2.75, 3.05) is 7.11 Å². The molecule has 1 aromatic rings. The number of benzene rings is 1. The molecule has 0 bridgehead atoms. The Kier molecular flexibility index (Phi) is 10.1. The molecule has 2 amide bonds. The normalized spacial score (nSPS) is 20.0. The van der Waals surface area contributed by atoms with Crippen molar-refractivity contribution < 1.29 is 37.0 Å². The second-order valence-electron chi connectivity index (χ2n) is 8.90. The molecule has 1 fully saturated rings. The molecule has 2 rings (SSSR count). The van der Waals surface area contributed by atoms with Gasteiger partial charge in [0.25, 0.3) is 0 Å². The van der Waals surface area contributed by atoms with Crippen LogP contribution in [0.3, 0.4) is 0 Å². The van der Waals surface area contributed by atoms with E-state index in [2.05, 4.69) is 0 Å². The van der Waals surface area contributed by atoms with Crippen molar-refractivity contribution in [3.8, 4) is 12.3 Å². The van der Waals surface area contributed by atoms with Gasteiger partial charge in [-0.25, -0.2) is 9.59 Å². The Bertz CT molecular complexity index is 1010. The first-order valence-electron chi connectivity index (χ1n) is 11.5. The number of ether oxygens (including phenoxy) is 2. The van der Waals surface area contributed by atoms with Crippen molar-refractivity contribution in [1.82, 2.24) is 9.80 Å². The number of likely N-dealkylation sites (tertiary alicyclic amines) is 1. The molecule has 11 heteroatoms. The van der Waals surface area contributed by atoms with Crippen LogP contribution in [-0.4, -0.2) is 59.1 Å². The molecule has 36 heavy (non-hydrogen) atoms. The molecule has 0 saturated carbocycles. The molecule has 0 unspecified atom stereocenters. The summed E-state index contributed by atoms with van der Waals surface area (Å²) in [6.07, 6.45) is -0.328. The quantitative estimate of drug-likeness (QED) is 0.335. The Morgan fingerprint density at radius 3 is 2.39 bits per heavy atom. The lowest BCUT2D eigenvalue weighted by Gasteiger charge is -2.47. The fourth-order valence-corrected chi connectivity index (χ4v) is 4.70. The highest BCUT2D eigenvalue weighted by Crippen LogP contribution is 2.35. The number of Topliss-reactive ketones (excluding diaryl/α,β-unsaturated/α-hetero) is 1. The first-order chi connectivity index (χ1) is 16.8. The number of carbonyl (C=O) groups is 3. The first-order valence-corrected chi connectivity index (χ1v) is 11.9. The third-order valence-electron chi connectivity index (χ3n) is 5.96. The Morgan fingerprint density at radius 1 is 1.22 bits per heavy atom. The van der Waals surface area contributed by atoms with E-state index in [0.29, 0.717) is 12.8 Å². The van der Waals surface area contributed by atoms with Crippen molar-refractivity contribution in [1.29, 1.82) is 0 Å². The molecular weight excluding hydrogens is 501 g/mol. The van der Waals surface area contributed by atoms with E-state index in [9.17, 15) is 27.6 Å². The number of hydrogen-bond acceptors (Lipinski definition) is 5. The summed E-state index contributed by atoms with van der Waals surface area (Å²) in [5.41, 5.74) is -0.781. The van der Waals surface area contributed by atoms with E-state index in [4.69, 9.17) is 27.5 Å². The average molecular weight is 531 g/mol. The van der Waals surface area contributed by atoms with Crippen molar-refractivity contribution in [3.63, 3.8) is 0 Å². The third-order valence-corrected chi connectivity index (χ3v) is 6.18. The van der Waals surface area contributed by atoms with E-state index in [1.165, 1.54) is 23.0 Å². The monoisotopic (exact) mass is 530 g/mol. The predicted octanol–water partition coefficient (Wildman–Crippen LogP) is 5.68. The van der Waals surface area contributed by atoms with Crippen molar-refractivity contribution in [2.45, 2.75) is 83.4 Å².